The van der Waals surface area contributed by atoms with E-state index in [4.69, 9.17) is 10.8 Å². The first-order valence-corrected chi connectivity index (χ1v) is 9.15. The number of nitrogens with zero attached hydrogens (tertiary/aromatic N) is 3. The number of nitrogens with one attached hydrogen (secondary N) is 2. The molecule has 5 N–H and O–H groups in total. The number of halogens is 1. The predicted octanol–water partition coefficient (Wildman–Crippen LogP) is 2.61. The lowest BCUT2D eigenvalue weighted by Gasteiger charge is -2.32. The molecule has 0 spiro atoms. The van der Waals surface area contributed by atoms with Gasteiger partial charge in [0.1, 0.15) is 11.4 Å². The fourth-order valence-corrected chi connectivity index (χ4v) is 3.62. The van der Waals surface area contributed by atoms with Crippen molar-refractivity contribution in [2.45, 2.75) is 25.3 Å². The summed E-state index contributed by atoms with van der Waals surface area (Å²) >= 11 is 0. The fourth-order valence-electron chi connectivity index (χ4n) is 3.62. The molecule has 1 aromatic heterocycles. The van der Waals surface area contributed by atoms with E-state index >= 15 is 0 Å². The smallest absolute Gasteiger partial charge is 0.404 e. The molecule has 3 rings (SSSR count). The summed E-state index contributed by atoms with van der Waals surface area (Å²) in [5.41, 5.74) is 6.18. The summed E-state index contributed by atoms with van der Waals surface area (Å²) < 4.78 is 14.7. The van der Waals surface area contributed by atoms with Gasteiger partial charge in [0, 0.05) is 18.4 Å². The number of hydrogen-bond donors (Lipinski definition) is 4. The van der Waals surface area contributed by atoms with Crippen molar-refractivity contribution >= 4 is 23.5 Å². The molecule has 1 aliphatic rings. The van der Waals surface area contributed by atoms with E-state index < -0.39 is 12.0 Å². The summed E-state index contributed by atoms with van der Waals surface area (Å²) in [5, 5.41) is 28.1. The van der Waals surface area contributed by atoms with E-state index in [1.165, 1.54) is 30.5 Å². The fraction of sp³-hybridized carbons (Fsp3) is 0.368. The van der Waals surface area contributed by atoms with Crippen LogP contribution in [0.4, 0.5) is 20.7 Å². The van der Waals surface area contributed by atoms with Gasteiger partial charge in [-0.3, -0.25) is 9.48 Å². The van der Waals surface area contributed by atoms with Gasteiger partial charge in [-0.05, 0) is 49.4 Å². The largest absolute Gasteiger partial charge is 0.465 e. The number of rotatable bonds is 6. The Kier molecular flexibility index (Phi) is 5.97. The number of amides is 2. The number of carbonyl (C=O) groups is 2. The first-order chi connectivity index (χ1) is 13.9. The molecule has 9 nitrogen and oxygen atoms in total. The molecule has 2 amide bonds. The summed E-state index contributed by atoms with van der Waals surface area (Å²) in [6.07, 6.45) is 2.28. The summed E-state index contributed by atoms with van der Waals surface area (Å²) in [5.74, 6) is -1.15. The van der Waals surface area contributed by atoms with Gasteiger partial charge in [0.15, 0.2) is 5.82 Å². The zero-order chi connectivity index (χ0) is 21.0. The monoisotopic (exact) mass is 400 g/mol. The van der Waals surface area contributed by atoms with Gasteiger partial charge in [-0.15, -0.1) is 0 Å². The van der Waals surface area contributed by atoms with Crippen LogP contribution in [-0.2, 0) is 0 Å². The van der Waals surface area contributed by atoms with Gasteiger partial charge in [-0.25, -0.2) is 9.18 Å². The van der Waals surface area contributed by atoms with Crippen molar-refractivity contribution in [2.75, 3.05) is 11.9 Å². The normalized spacial score (nSPS) is 21.2. The van der Waals surface area contributed by atoms with E-state index in [9.17, 15) is 19.2 Å². The van der Waals surface area contributed by atoms with Crippen LogP contribution in [0.5, 0.6) is 0 Å². The molecule has 1 saturated carbocycles. The number of hydrogen-bond acceptors (Lipinski definition) is 5. The second-order valence-electron chi connectivity index (χ2n) is 7.04. The molecule has 1 aliphatic carbocycles. The third-order valence-electron chi connectivity index (χ3n) is 5.07. The van der Waals surface area contributed by atoms with Crippen LogP contribution in [0.25, 0.3) is 0 Å². The van der Waals surface area contributed by atoms with E-state index in [0.717, 1.165) is 6.42 Å². The highest BCUT2D eigenvalue weighted by Gasteiger charge is 2.33. The van der Waals surface area contributed by atoms with Crippen molar-refractivity contribution in [2.24, 2.45) is 17.6 Å². The predicted molar refractivity (Wildman–Crippen MR) is 102 cm³/mol. The molecule has 10 heteroatoms. The molecular weight excluding hydrogens is 379 g/mol. The minimum Gasteiger partial charge on any atom is -0.465 e. The average Bonchev–Trinajstić information content (AvgIpc) is 3.11. The Balaban J connectivity index is 1.79. The summed E-state index contributed by atoms with van der Waals surface area (Å²) in [4.78, 5) is 22.5. The molecule has 3 unspecified atom stereocenters. The molecule has 1 fully saturated rings. The van der Waals surface area contributed by atoms with Crippen LogP contribution in [0.15, 0.2) is 30.5 Å². The number of anilines is 2. The third kappa shape index (κ3) is 4.82. The molecule has 0 bridgehead atoms. The first kappa shape index (κ1) is 20.1. The summed E-state index contributed by atoms with van der Waals surface area (Å²) in [6.45, 7) is 0.295. The minimum absolute atomic E-state index is 0.0648. The van der Waals surface area contributed by atoms with Gasteiger partial charge >= 0.3 is 6.09 Å². The maximum atomic E-state index is 13.1. The van der Waals surface area contributed by atoms with Crippen molar-refractivity contribution < 1.29 is 19.1 Å². The number of aromatic nitrogens is 2. The molecule has 152 valence electrons. The highest BCUT2D eigenvalue weighted by molar-refractivity contribution is 5.98. The number of carboxylic acid groups (broad SMARTS) is 1. The standard InChI is InChI=1S/C19H21FN6O3/c20-13-2-4-14(5-3-13)24-18-15(17(22)27)10-26(25-18)16-6-1-11(7-12(16)8-21)9-23-19(28)29/h2-5,10-12,16,23H,1,6-7,9H2,(H2,22,27)(H,24,25)(H,28,29). The maximum absolute atomic E-state index is 13.1. The molecule has 3 atom stereocenters. The van der Waals surface area contributed by atoms with Crippen LogP contribution in [-0.4, -0.2) is 33.4 Å². The zero-order valence-electron chi connectivity index (χ0n) is 15.5. The molecule has 2 aromatic rings. The van der Waals surface area contributed by atoms with Gasteiger partial charge < -0.3 is 21.5 Å². The molecule has 0 saturated heterocycles. The summed E-state index contributed by atoms with van der Waals surface area (Å²) in [6, 6.07) is 7.59. The topological polar surface area (TPSA) is 146 Å². The molecule has 0 aliphatic heterocycles. The number of carbonyl (C=O) groups excluding carboxylic acids is 1. The van der Waals surface area contributed by atoms with Crippen molar-refractivity contribution in [3.05, 3.63) is 41.8 Å². The third-order valence-corrected chi connectivity index (χ3v) is 5.07. The van der Waals surface area contributed by atoms with Crippen LogP contribution in [0, 0.1) is 29.0 Å². The van der Waals surface area contributed by atoms with Gasteiger partial charge in [0.25, 0.3) is 5.91 Å². The maximum Gasteiger partial charge on any atom is 0.404 e. The van der Waals surface area contributed by atoms with Crippen LogP contribution < -0.4 is 16.4 Å². The second-order valence-corrected chi connectivity index (χ2v) is 7.04. The zero-order valence-corrected chi connectivity index (χ0v) is 15.5. The SMILES string of the molecule is N#CC1CC(CNC(=O)O)CCC1n1cc(C(N)=O)c(Nc2ccc(F)cc2)n1. The molecule has 0 radical (unpaired) electrons. The Bertz CT molecular complexity index is 936. The number of primary amides is 1. The lowest BCUT2D eigenvalue weighted by molar-refractivity contribution is 0.100. The van der Waals surface area contributed by atoms with E-state index in [2.05, 4.69) is 21.8 Å². The number of nitriles is 1. The lowest BCUT2D eigenvalue weighted by Crippen LogP contribution is -2.34. The van der Waals surface area contributed by atoms with Crippen molar-refractivity contribution in [1.82, 2.24) is 15.1 Å². The Labute approximate surface area is 166 Å². The quantitative estimate of drug-likeness (QED) is 0.586. The van der Waals surface area contributed by atoms with Crippen LogP contribution >= 0.6 is 0 Å². The van der Waals surface area contributed by atoms with Crippen molar-refractivity contribution in [3.8, 4) is 6.07 Å². The van der Waals surface area contributed by atoms with E-state index in [1.54, 1.807) is 4.68 Å². The van der Waals surface area contributed by atoms with Crippen LogP contribution in [0.1, 0.15) is 35.7 Å². The Morgan fingerprint density at radius 3 is 2.69 bits per heavy atom. The molecule has 1 heterocycles. The summed E-state index contributed by atoms with van der Waals surface area (Å²) in [7, 11) is 0. The molecule has 1 aromatic carbocycles. The number of nitrogens with two attached hydrogens (primary N) is 1. The lowest BCUT2D eigenvalue weighted by atomic mass is 9.78. The van der Waals surface area contributed by atoms with Crippen molar-refractivity contribution in [1.29, 1.82) is 5.26 Å². The first-order valence-electron chi connectivity index (χ1n) is 9.15. The van der Waals surface area contributed by atoms with Gasteiger partial charge in [0.2, 0.25) is 0 Å². The van der Waals surface area contributed by atoms with E-state index in [1.807, 2.05) is 0 Å². The highest BCUT2D eigenvalue weighted by atomic mass is 19.1. The van der Waals surface area contributed by atoms with Crippen molar-refractivity contribution in [3.63, 3.8) is 0 Å². The average molecular weight is 400 g/mol. The highest BCUT2D eigenvalue weighted by Crippen LogP contribution is 2.37. The van der Waals surface area contributed by atoms with E-state index in [0.29, 0.717) is 25.1 Å². The Morgan fingerprint density at radius 2 is 2.07 bits per heavy atom. The molecular formula is C19H21FN6O3. The van der Waals surface area contributed by atoms with E-state index in [-0.39, 0.29) is 35.1 Å². The van der Waals surface area contributed by atoms with Crippen LogP contribution in [0.2, 0.25) is 0 Å². The number of benzene rings is 1. The van der Waals surface area contributed by atoms with Gasteiger partial charge in [0.05, 0.1) is 18.0 Å². The minimum atomic E-state index is -1.09. The Morgan fingerprint density at radius 1 is 1.34 bits per heavy atom. The van der Waals surface area contributed by atoms with Gasteiger partial charge in [-0.1, -0.05) is 0 Å². The van der Waals surface area contributed by atoms with Gasteiger partial charge in [-0.2, -0.15) is 10.4 Å². The van der Waals surface area contributed by atoms with Crippen LogP contribution in [0.3, 0.4) is 0 Å². The molecule has 29 heavy (non-hydrogen) atoms. The Hall–Kier alpha value is -3.61. The second kappa shape index (κ2) is 8.60.